The largest absolute Gasteiger partial charge is 0.322 e. The van der Waals surface area contributed by atoms with Crippen LogP contribution >= 0.6 is 11.6 Å². The minimum absolute atomic E-state index is 0.155. The van der Waals surface area contributed by atoms with Crippen LogP contribution in [-0.4, -0.2) is 20.9 Å². The molecule has 6 heteroatoms. The molecule has 0 unspecified atom stereocenters. The summed E-state index contributed by atoms with van der Waals surface area (Å²) in [6, 6.07) is 22.4. The lowest BCUT2D eigenvalue weighted by molar-refractivity contribution is 0.102. The van der Waals surface area contributed by atoms with E-state index >= 15 is 0 Å². The number of nitrogens with one attached hydrogen (secondary N) is 1. The molecule has 1 N–H and O–H groups in total. The summed E-state index contributed by atoms with van der Waals surface area (Å²) < 4.78 is 1.73. The second kappa shape index (κ2) is 7.66. The van der Waals surface area contributed by atoms with Crippen molar-refractivity contribution in [2.75, 3.05) is 5.32 Å². The number of hydrogen-bond donors (Lipinski definition) is 1. The van der Waals surface area contributed by atoms with E-state index in [-0.39, 0.29) is 5.91 Å². The summed E-state index contributed by atoms with van der Waals surface area (Å²) in [5, 5.41) is 11.8. The summed E-state index contributed by atoms with van der Waals surface area (Å²) in [6.45, 7) is 1.96. The van der Waals surface area contributed by atoms with Crippen LogP contribution in [0.25, 0.3) is 16.9 Å². The van der Waals surface area contributed by atoms with Crippen LogP contribution in [0.15, 0.2) is 79.0 Å². The third-order valence-electron chi connectivity index (χ3n) is 4.46. The van der Waals surface area contributed by atoms with Crippen LogP contribution in [0.5, 0.6) is 0 Å². The minimum atomic E-state index is -0.155. The fraction of sp³-hybridized carbons (Fsp3) is 0.0455. The van der Waals surface area contributed by atoms with Gasteiger partial charge in [0.2, 0.25) is 0 Å². The molecular weight excluding hydrogens is 372 g/mol. The van der Waals surface area contributed by atoms with Crippen molar-refractivity contribution in [2.24, 2.45) is 0 Å². The third-order valence-corrected chi connectivity index (χ3v) is 4.71. The van der Waals surface area contributed by atoms with E-state index in [2.05, 4.69) is 15.6 Å². The SMILES string of the molecule is Cc1ccccc1NC(=O)c1ccc(-n2nncc2-c2ccc(Cl)cc2)cc1. The maximum atomic E-state index is 12.5. The Kier molecular flexibility index (Phi) is 4.91. The molecule has 3 aromatic carbocycles. The van der Waals surface area contributed by atoms with Gasteiger partial charge >= 0.3 is 0 Å². The van der Waals surface area contributed by atoms with Crippen LogP contribution in [-0.2, 0) is 0 Å². The molecule has 0 radical (unpaired) electrons. The molecule has 0 saturated carbocycles. The van der Waals surface area contributed by atoms with Gasteiger partial charge in [-0.1, -0.05) is 47.1 Å². The smallest absolute Gasteiger partial charge is 0.255 e. The first-order chi connectivity index (χ1) is 13.6. The Morgan fingerprint density at radius 1 is 0.964 bits per heavy atom. The first kappa shape index (κ1) is 17.9. The van der Waals surface area contributed by atoms with Crippen molar-refractivity contribution >= 4 is 23.2 Å². The zero-order chi connectivity index (χ0) is 19.5. The number of carbonyl (C=O) groups excluding carboxylic acids is 1. The molecule has 1 heterocycles. The number of aryl methyl sites for hydroxylation is 1. The third kappa shape index (κ3) is 3.66. The van der Waals surface area contributed by atoms with Crippen molar-refractivity contribution in [1.82, 2.24) is 15.0 Å². The van der Waals surface area contributed by atoms with Gasteiger partial charge in [-0.05, 0) is 55.0 Å². The van der Waals surface area contributed by atoms with Gasteiger partial charge in [0.1, 0.15) is 0 Å². The summed E-state index contributed by atoms with van der Waals surface area (Å²) in [5.41, 5.74) is 5.00. The molecule has 0 aliphatic rings. The van der Waals surface area contributed by atoms with E-state index in [1.54, 1.807) is 23.0 Å². The van der Waals surface area contributed by atoms with E-state index in [9.17, 15) is 4.79 Å². The maximum absolute atomic E-state index is 12.5. The average molecular weight is 389 g/mol. The van der Waals surface area contributed by atoms with E-state index in [0.717, 1.165) is 28.2 Å². The molecule has 1 aromatic heterocycles. The summed E-state index contributed by atoms with van der Waals surface area (Å²) >= 11 is 5.97. The van der Waals surface area contributed by atoms with Gasteiger partial charge in [-0.3, -0.25) is 4.79 Å². The lowest BCUT2D eigenvalue weighted by Gasteiger charge is -2.10. The van der Waals surface area contributed by atoms with E-state index in [1.165, 1.54) is 0 Å². The maximum Gasteiger partial charge on any atom is 0.255 e. The van der Waals surface area contributed by atoms with Gasteiger partial charge < -0.3 is 5.32 Å². The van der Waals surface area contributed by atoms with Gasteiger partial charge in [-0.25, -0.2) is 4.68 Å². The van der Waals surface area contributed by atoms with Crippen molar-refractivity contribution in [3.05, 3.63) is 95.1 Å². The van der Waals surface area contributed by atoms with Crippen molar-refractivity contribution < 1.29 is 4.79 Å². The van der Waals surface area contributed by atoms with Crippen LogP contribution in [0.1, 0.15) is 15.9 Å². The zero-order valence-electron chi connectivity index (χ0n) is 15.1. The fourth-order valence-corrected chi connectivity index (χ4v) is 3.03. The predicted molar refractivity (Wildman–Crippen MR) is 111 cm³/mol. The molecular formula is C22H17ClN4O. The first-order valence-corrected chi connectivity index (χ1v) is 9.14. The number of amides is 1. The van der Waals surface area contributed by atoms with Crippen LogP contribution in [0.4, 0.5) is 5.69 Å². The molecule has 138 valence electrons. The van der Waals surface area contributed by atoms with Crippen molar-refractivity contribution in [3.63, 3.8) is 0 Å². The number of halogens is 1. The number of benzene rings is 3. The second-order valence-electron chi connectivity index (χ2n) is 6.35. The van der Waals surface area contributed by atoms with Crippen LogP contribution < -0.4 is 5.32 Å². The Balaban J connectivity index is 1.58. The molecule has 0 aliphatic heterocycles. The Labute approximate surface area is 167 Å². The van der Waals surface area contributed by atoms with Crippen molar-refractivity contribution in [3.8, 4) is 16.9 Å². The Morgan fingerprint density at radius 2 is 1.68 bits per heavy atom. The number of para-hydroxylation sites is 1. The average Bonchev–Trinajstić information content (AvgIpc) is 3.20. The predicted octanol–water partition coefficient (Wildman–Crippen LogP) is 5.15. The summed E-state index contributed by atoms with van der Waals surface area (Å²) in [4.78, 5) is 12.5. The Bertz CT molecular complexity index is 1120. The molecule has 4 aromatic rings. The van der Waals surface area contributed by atoms with E-state index in [1.807, 2.05) is 67.6 Å². The highest BCUT2D eigenvalue weighted by atomic mass is 35.5. The van der Waals surface area contributed by atoms with Crippen molar-refractivity contribution in [1.29, 1.82) is 0 Å². The molecule has 4 rings (SSSR count). The monoisotopic (exact) mass is 388 g/mol. The molecule has 0 spiro atoms. The highest BCUT2D eigenvalue weighted by molar-refractivity contribution is 6.30. The van der Waals surface area contributed by atoms with Gasteiger partial charge in [0.25, 0.3) is 5.91 Å². The standard InChI is InChI=1S/C22H17ClN4O/c1-15-4-2-3-5-20(15)25-22(28)17-8-12-19(13-9-17)27-21(14-24-26-27)16-6-10-18(23)11-7-16/h2-14H,1H3,(H,25,28). The van der Waals surface area contributed by atoms with Crippen LogP contribution in [0.2, 0.25) is 5.02 Å². The molecule has 0 aliphatic carbocycles. The number of nitrogens with zero attached hydrogens (tertiary/aromatic N) is 3. The van der Waals surface area contributed by atoms with E-state index in [0.29, 0.717) is 10.6 Å². The van der Waals surface area contributed by atoms with E-state index < -0.39 is 0 Å². The quantitative estimate of drug-likeness (QED) is 0.526. The Hall–Kier alpha value is -3.44. The molecule has 0 bridgehead atoms. The highest BCUT2D eigenvalue weighted by Gasteiger charge is 2.11. The van der Waals surface area contributed by atoms with Gasteiger partial charge in [-0.15, -0.1) is 5.10 Å². The van der Waals surface area contributed by atoms with Gasteiger partial charge in [0, 0.05) is 21.8 Å². The number of carbonyl (C=O) groups is 1. The number of hydrogen-bond acceptors (Lipinski definition) is 3. The van der Waals surface area contributed by atoms with Crippen LogP contribution in [0.3, 0.4) is 0 Å². The van der Waals surface area contributed by atoms with Gasteiger partial charge in [0.15, 0.2) is 0 Å². The minimum Gasteiger partial charge on any atom is -0.322 e. The van der Waals surface area contributed by atoms with Gasteiger partial charge in [0.05, 0.1) is 17.6 Å². The summed E-state index contributed by atoms with van der Waals surface area (Å²) in [5.74, 6) is -0.155. The normalized spacial score (nSPS) is 10.6. The lowest BCUT2D eigenvalue weighted by atomic mass is 10.1. The number of anilines is 1. The lowest BCUT2D eigenvalue weighted by Crippen LogP contribution is -2.12. The fourth-order valence-electron chi connectivity index (χ4n) is 2.90. The summed E-state index contributed by atoms with van der Waals surface area (Å²) in [7, 11) is 0. The zero-order valence-corrected chi connectivity index (χ0v) is 15.9. The number of rotatable bonds is 4. The first-order valence-electron chi connectivity index (χ1n) is 8.76. The molecule has 1 amide bonds. The molecule has 5 nitrogen and oxygen atoms in total. The Morgan fingerprint density at radius 3 is 2.39 bits per heavy atom. The van der Waals surface area contributed by atoms with Gasteiger partial charge in [-0.2, -0.15) is 0 Å². The second-order valence-corrected chi connectivity index (χ2v) is 6.79. The number of aromatic nitrogens is 3. The van der Waals surface area contributed by atoms with Crippen LogP contribution in [0, 0.1) is 6.92 Å². The van der Waals surface area contributed by atoms with Crippen molar-refractivity contribution in [2.45, 2.75) is 6.92 Å². The molecule has 28 heavy (non-hydrogen) atoms. The summed E-state index contributed by atoms with van der Waals surface area (Å²) in [6.07, 6.45) is 1.70. The highest BCUT2D eigenvalue weighted by Crippen LogP contribution is 2.23. The molecule has 0 saturated heterocycles. The molecule has 0 atom stereocenters. The topological polar surface area (TPSA) is 59.8 Å². The molecule has 0 fully saturated rings. The van der Waals surface area contributed by atoms with E-state index in [4.69, 9.17) is 11.6 Å².